The van der Waals surface area contributed by atoms with Gasteiger partial charge in [-0.2, -0.15) is 0 Å². The zero-order valence-corrected chi connectivity index (χ0v) is 16.7. The summed E-state index contributed by atoms with van der Waals surface area (Å²) in [6.07, 6.45) is 2.12. The summed E-state index contributed by atoms with van der Waals surface area (Å²) in [7, 11) is 1.30. The number of aryl methyl sites for hydroxylation is 1. The van der Waals surface area contributed by atoms with Crippen LogP contribution in [0.25, 0.3) is 28.0 Å². The number of hydroxylamine groups is 2. The Hall–Kier alpha value is -3.24. The summed E-state index contributed by atoms with van der Waals surface area (Å²) in [5, 5.41) is 12.4. The highest BCUT2D eigenvalue weighted by Crippen LogP contribution is 2.44. The highest BCUT2D eigenvalue weighted by atomic mass is 19.1. The number of nitrogens with zero attached hydrogens (tertiary/aromatic N) is 1. The highest BCUT2D eigenvalue weighted by molar-refractivity contribution is 6.10. The second kappa shape index (κ2) is 7.30. The maximum absolute atomic E-state index is 14.0. The molecule has 0 saturated heterocycles. The van der Waals surface area contributed by atoms with Crippen molar-refractivity contribution in [2.75, 3.05) is 7.05 Å². The van der Waals surface area contributed by atoms with Gasteiger partial charge in [0.1, 0.15) is 5.82 Å². The van der Waals surface area contributed by atoms with Crippen LogP contribution in [-0.4, -0.2) is 23.2 Å². The topological polar surface area (TPSA) is 40.5 Å². The van der Waals surface area contributed by atoms with Crippen molar-refractivity contribution in [1.29, 1.82) is 0 Å². The monoisotopic (exact) mass is 387 g/mol. The van der Waals surface area contributed by atoms with E-state index in [4.69, 9.17) is 0 Å². The summed E-state index contributed by atoms with van der Waals surface area (Å²) >= 11 is 0. The highest BCUT2D eigenvalue weighted by Gasteiger charge is 2.26. The third-order valence-corrected chi connectivity index (χ3v) is 5.62. The molecule has 3 aromatic carbocycles. The number of hydrogen-bond donors (Lipinski definition) is 1. The summed E-state index contributed by atoms with van der Waals surface area (Å²) < 4.78 is 14.0. The molecule has 1 amide bonds. The third-order valence-electron chi connectivity index (χ3n) is 5.62. The Morgan fingerprint density at radius 1 is 1.03 bits per heavy atom. The van der Waals surface area contributed by atoms with Crippen LogP contribution in [0.1, 0.15) is 35.6 Å². The summed E-state index contributed by atoms with van der Waals surface area (Å²) in [5.74, 6) is -0.780. The first-order chi connectivity index (χ1) is 13.9. The van der Waals surface area contributed by atoms with Gasteiger partial charge in [0.05, 0.1) is 6.42 Å². The molecule has 0 atom stereocenters. The van der Waals surface area contributed by atoms with Crippen LogP contribution in [0.3, 0.4) is 0 Å². The van der Waals surface area contributed by atoms with E-state index in [-0.39, 0.29) is 12.2 Å². The van der Waals surface area contributed by atoms with Crippen LogP contribution in [0.15, 0.2) is 60.2 Å². The Morgan fingerprint density at radius 2 is 1.76 bits per heavy atom. The van der Waals surface area contributed by atoms with Crippen molar-refractivity contribution in [3.05, 3.63) is 88.2 Å². The molecule has 0 aromatic heterocycles. The summed E-state index contributed by atoms with van der Waals surface area (Å²) in [6.45, 7) is 4.03. The lowest BCUT2D eigenvalue weighted by Gasteiger charge is -2.10. The van der Waals surface area contributed by atoms with E-state index in [1.165, 1.54) is 30.1 Å². The summed E-state index contributed by atoms with van der Waals surface area (Å²) in [4.78, 5) is 12.1. The van der Waals surface area contributed by atoms with Crippen molar-refractivity contribution in [2.45, 2.75) is 20.3 Å². The predicted octanol–water partition coefficient (Wildman–Crippen LogP) is 5.85. The number of carbonyl (C=O) groups excluding carboxylic acids is 1. The van der Waals surface area contributed by atoms with Gasteiger partial charge in [0.2, 0.25) is 5.91 Å². The molecule has 0 unspecified atom stereocenters. The number of hydrogen-bond acceptors (Lipinski definition) is 2. The van der Waals surface area contributed by atoms with E-state index in [1.807, 2.05) is 19.1 Å². The minimum absolute atomic E-state index is 0.0152. The first kappa shape index (κ1) is 19.1. The molecule has 4 rings (SSSR count). The van der Waals surface area contributed by atoms with Crippen LogP contribution >= 0.6 is 0 Å². The number of carbonyl (C=O) groups is 1. The van der Waals surface area contributed by atoms with Crippen LogP contribution in [0.4, 0.5) is 4.39 Å². The normalized spacial score (nSPS) is 14.6. The summed E-state index contributed by atoms with van der Waals surface area (Å²) in [5.41, 5.74) is 6.53. The van der Waals surface area contributed by atoms with Gasteiger partial charge in [-0.1, -0.05) is 42.5 Å². The Balaban J connectivity index is 1.91. The van der Waals surface area contributed by atoms with Crippen LogP contribution < -0.4 is 0 Å². The molecule has 0 heterocycles. The van der Waals surface area contributed by atoms with Crippen molar-refractivity contribution in [3.63, 3.8) is 0 Å². The number of allylic oxidation sites excluding steroid dienone is 2. The molecule has 1 aliphatic carbocycles. The quantitative estimate of drug-likeness (QED) is 0.452. The van der Waals surface area contributed by atoms with Crippen LogP contribution in [0, 0.1) is 12.7 Å². The molecule has 0 radical (unpaired) electrons. The van der Waals surface area contributed by atoms with Gasteiger partial charge in [-0.05, 0) is 81.8 Å². The van der Waals surface area contributed by atoms with E-state index < -0.39 is 5.91 Å². The van der Waals surface area contributed by atoms with E-state index in [2.05, 4.69) is 37.3 Å². The third kappa shape index (κ3) is 3.36. The second-order valence-electron chi connectivity index (χ2n) is 7.46. The molecular formula is C25H22FNO2. The Morgan fingerprint density at radius 3 is 2.48 bits per heavy atom. The van der Waals surface area contributed by atoms with E-state index in [1.54, 1.807) is 6.07 Å². The molecule has 0 spiro atoms. The SMILES string of the molecule is CC1=C(CC(=O)N(C)O)c2cc(F)ccc2/C1=C\c1ccc(C)c2ccccc12. The molecule has 146 valence electrons. The molecule has 3 aromatic rings. The van der Waals surface area contributed by atoms with Crippen molar-refractivity contribution in [2.24, 2.45) is 0 Å². The van der Waals surface area contributed by atoms with Gasteiger partial charge in [-0.3, -0.25) is 10.0 Å². The van der Waals surface area contributed by atoms with Gasteiger partial charge >= 0.3 is 0 Å². The summed E-state index contributed by atoms with van der Waals surface area (Å²) in [6, 6.07) is 17.1. The largest absolute Gasteiger partial charge is 0.286 e. The van der Waals surface area contributed by atoms with Gasteiger partial charge in [-0.15, -0.1) is 0 Å². The van der Waals surface area contributed by atoms with E-state index in [0.717, 1.165) is 33.2 Å². The number of fused-ring (bicyclic) bond motifs is 2. The maximum atomic E-state index is 14.0. The van der Waals surface area contributed by atoms with Crippen LogP contribution in [0.5, 0.6) is 0 Å². The fourth-order valence-electron chi connectivity index (χ4n) is 4.00. The van der Waals surface area contributed by atoms with Crippen molar-refractivity contribution >= 4 is 33.9 Å². The first-order valence-electron chi connectivity index (χ1n) is 9.52. The Labute approximate surface area is 169 Å². The van der Waals surface area contributed by atoms with E-state index in [9.17, 15) is 14.4 Å². The number of benzene rings is 3. The second-order valence-corrected chi connectivity index (χ2v) is 7.46. The van der Waals surface area contributed by atoms with Gasteiger partial charge in [0, 0.05) is 7.05 Å². The number of rotatable bonds is 3. The lowest BCUT2D eigenvalue weighted by atomic mass is 9.96. The molecule has 1 N–H and O–H groups in total. The molecule has 1 aliphatic rings. The zero-order chi connectivity index (χ0) is 20.7. The van der Waals surface area contributed by atoms with Gasteiger partial charge in [-0.25, -0.2) is 9.45 Å². The molecule has 0 saturated carbocycles. The molecule has 4 heteroatoms. The lowest BCUT2D eigenvalue weighted by Crippen LogP contribution is -2.22. The number of halogens is 1. The standard InChI is InChI=1S/C25H22FNO2/c1-15-8-9-17(20-7-5-4-6-19(15)20)12-22-16(2)23(14-25(28)27(3)29)24-13-18(26)10-11-21(22)24/h4-13,29H,14H2,1-3H3/b22-12-. The Bertz CT molecular complexity index is 1200. The smallest absolute Gasteiger partial charge is 0.250 e. The van der Waals surface area contributed by atoms with Crippen molar-refractivity contribution in [1.82, 2.24) is 5.06 Å². The van der Waals surface area contributed by atoms with Crippen LogP contribution in [0.2, 0.25) is 0 Å². The molecule has 0 aliphatic heterocycles. The molecule has 0 fully saturated rings. The van der Waals surface area contributed by atoms with Gasteiger partial charge < -0.3 is 0 Å². The fourth-order valence-corrected chi connectivity index (χ4v) is 4.00. The van der Waals surface area contributed by atoms with E-state index in [0.29, 0.717) is 10.6 Å². The lowest BCUT2D eigenvalue weighted by molar-refractivity contribution is -0.157. The molecule has 3 nitrogen and oxygen atoms in total. The van der Waals surface area contributed by atoms with Crippen molar-refractivity contribution in [3.8, 4) is 0 Å². The number of amides is 1. The predicted molar refractivity (Wildman–Crippen MR) is 115 cm³/mol. The van der Waals surface area contributed by atoms with Gasteiger partial charge in [0.25, 0.3) is 0 Å². The minimum atomic E-state index is -0.434. The average Bonchev–Trinajstić information content (AvgIpc) is 2.95. The van der Waals surface area contributed by atoms with Gasteiger partial charge in [0.15, 0.2) is 0 Å². The molecule has 29 heavy (non-hydrogen) atoms. The van der Waals surface area contributed by atoms with Crippen LogP contribution in [-0.2, 0) is 4.79 Å². The van der Waals surface area contributed by atoms with Crippen molar-refractivity contribution < 1.29 is 14.4 Å². The maximum Gasteiger partial charge on any atom is 0.250 e. The Kier molecular flexibility index (Phi) is 4.81. The van der Waals surface area contributed by atoms with E-state index >= 15 is 0 Å². The molecular weight excluding hydrogens is 365 g/mol. The fraction of sp³-hybridized carbons (Fsp3) is 0.160. The first-order valence-corrected chi connectivity index (χ1v) is 9.52. The minimum Gasteiger partial charge on any atom is -0.286 e. The zero-order valence-electron chi connectivity index (χ0n) is 16.7. The molecule has 0 bridgehead atoms. The average molecular weight is 387 g/mol.